The Labute approximate surface area is 208 Å². The van der Waals surface area contributed by atoms with Crippen LogP contribution in [0.5, 0.6) is 5.75 Å². The van der Waals surface area contributed by atoms with Crippen molar-refractivity contribution in [3.63, 3.8) is 0 Å². The van der Waals surface area contributed by atoms with E-state index in [1.165, 1.54) is 69.1 Å². The quantitative estimate of drug-likeness (QED) is 0.331. The van der Waals surface area contributed by atoms with Crippen molar-refractivity contribution in [3.05, 3.63) is 89.5 Å². The second-order valence-corrected chi connectivity index (χ2v) is 10.7. The zero-order valence-corrected chi connectivity index (χ0v) is 20.7. The van der Waals surface area contributed by atoms with Crippen LogP contribution in [0, 0.1) is 29.4 Å². The van der Waals surface area contributed by atoms with Crippen LogP contribution in [0.3, 0.4) is 0 Å². The predicted octanol–water partition coefficient (Wildman–Crippen LogP) is 9.31. The summed E-state index contributed by atoms with van der Waals surface area (Å²) in [4.78, 5) is 0. The predicted molar refractivity (Wildman–Crippen MR) is 138 cm³/mol. The van der Waals surface area contributed by atoms with Crippen molar-refractivity contribution in [2.45, 2.75) is 70.8 Å². The lowest BCUT2D eigenvalue weighted by molar-refractivity contribution is 0.114. The Morgan fingerprint density at radius 3 is 2.17 bits per heavy atom. The Kier molecular flexibility index (Phi) is 7.51. The van der Waals surface area contributed by atoms with Gasteiger partial charge in [0.05, 0.1) is 0 Å². The van der Waals surface area contributed by atoms with Crippen LogP contribution in [0.15, 0.2) is 66.7 Å². The maximum Gasteiger partial charge on any atom is 0.191 e. The maximum atomic E-state index is 14.7. The van der Waals surface area contributed by atoms with Gasteiger partial charge in [-0.3, -0.25) is 0 Å². The van der Waals surface area contributed by atoms with Crippen molar-refractivity contribution in [1.82, 2.24) is 0 Å². The van der Waals surface area contributed by atoms with Crippen LogP contribution in [-0.2, 0) is 6.61 Å². The molecule has 184 valence electrons. The van der Waals surface area contributed by atoms with E-state index in [0.29, 0.717) is 11.5 Å². The molecular formula is C32H36F2O. The van der Waals surface area contributed by atoms with Crippen LogP contribution in [0.2, 0.25) is 0 Å². The van der Waals surface area contributed by atoms with Gasteiger partial charge in [-0.2, -0.15) is 0 Å². The minimum atomic E-state index is -0.669. The number of halogens is 2. The van der Waals surface area contributed by atoms with E-state index in [2.05, 4.69) is 19.1 Å². The lowest BCUT2D eigenvalue weighted by atomic mass is 9.63. The van der Waals surface area contributed by atoms with Crippen LogP contribution < -0.4 is 4.74 Å². The molecule has 3 aromatic rings. The van der Waals surface area contributed by atoms with Crippen molar-refractivity contribution in [3.8, 4) is 16.9 Å². The minimum absolute atomic E-state index is 0.130. The molecule has 1 nitrogen and oxygen atoms in total. The minimum Gasteiger partial charge on any atom is -0.483 e. The molecule has 5 rings (SSSR count). The Bertz CT molecular complexity index is 1090. The first-order valence-electron chi connectivity index (χ1n) is 13.4. The number of benzene rings is 3. The first kappa shape index (κ1) is 24.0. The van der Waals surface area contributed by atoms with E-state index in [9.17, 15) is 8.78 Å². The van der Waals surface area contributed by atoms with Gasteiger partial charge in [0.1, 0.15) is 6.61 Å². The van der Waals surface area contributed by atoms with Crippen molar-refractivity contribution >= 4 is 0 Å². The molecule has 2 aliphatic rings. The molecule has 0 radical (unpaired) electrons. The molecule has 2 saturated carbocycles. The number of rotatable bonds is 7. The summed E-state index contributed by atoms with van der Waals surface area (Å²) in [6.07, 6.45) is 10.8. The third-order valence-corrected chi connectivity index (χ3v) is 8.36. The van der Waals surface area contributed by atoms with Crippen LogP contribution in [-0.4, -0.2) is 0 Å². The fraction of sp³-hybridized carbons (Fsp3) is 0.438. The molecule has 2 aliphatic carbocycles. The van der Waals surface area contributed by atoms with Gasteiger partial charge in [0.25, 0.3) is 0 Å². The van der Waals surface area contributed by atoms with E-state index in [1.807, 2.05) is 42.5 Å². The number of ether oxygens (including phenoxy) is 1. The van der Waals surface area contributed by atoms with Crippen LogP contribution in [0.25, 0.3) is 11.1 Å². The largest absolute Gasteiger partial charge is 0.483 e. The standard InChI is InChI=1S/C32H36F2O/c1-2-6-22-9-10-28-18-27(16-15-26(28)17-22)24-11-13-25(14-12-24)29-19-30(33)32(31(34)20-29)35-21-23-7-4-3-5-8-23/h3-5,7-8,11-14,19-20,22,26-28H,2,6,9-10,15-18,21H2,1H3. The molecule has 0 aliphatic heterocycles. The Morgan fingerprint density at radius 1 is 0.771 bits per heavy atom. The smallest absolute Gasteiger partial charge is 0.191 e. The van der Waals surface area contributed by atoms with Crippen molar-refractivity contribution in [1.29, 1.82) is 0 Å². The highest BCUT2D eigenvalue weighted by atomic mass is 19.1. The van der Waals surface area contributed by atoms with E-state index < -0.39 is 11.6 Å². The highest BCUT2D eigenvalue weighted by Crippen LogP contribution is 2.48. The summed E-state index contributed by atoms with van der Waals surface area (Å²) in [5, 5.41) is 0. The van der Waals surface area contributed by atoms with Crippen molar-refractivity contribution in [2.75, 3.05) is 0 Å². The second-order valence-electron chi connectivity index (χ2n) is 10.7. The van der Waals surface area contributed by atoms with Crippen molar-refractivity contribution < 1.29 is 13.5 Å². The molecule has 4 unspecified atom stereocenters. The molecule has 3 heteroatoms. The number of hydrogen-bond acceptors (Lipinski definition) is 1. The van der Waals surface area contributed by atoms with Gasteiger partial charge in [0.2, 0.25) is 0 Å². The first-order valence-corrected chi connectivity index (χ1v) is 13.4. The average Bonchev–Trinajstić information content (AvgIpc) is 2.89. The summed E-state index contributed by atoms with van der Waals surface area (Å²) in [6.45, 7) is 2.44. The lowest BCUT2D eigenvalue weighted by Gasteiger charge is -2.42. The van der Waals surface area contributed by atoms with Gasteiger partial charge in [-0.25, -0.2) is 8.78 Å². The van der Waals surface area contributed by atoms with E-state index in [0.717, 1.165) is 28.9 Å². The molecule has 35 heavy (non-hydrogen) atoms. The fourth-order valence-electron chi connectivity index (χ4n) is 6.50. The summed E-state index contributed by atoms with van der Waals surface area (Å²) in [6, 6.07) is 20.5. The van der Waals surface area contributed by atoms with Gasteiger partial charge in [-0.05, 0) is 90.2 Å². The van der Waals surface area contributed by atoms with Crippen LogP contribution in [0.4, 0.5) is 8.78 Å². The molecule has 4 atom stereocenters. The van der Waals surface area contributed by atoms with Crippen LogP contribution in [0.1, 0.15) is 75.3 Å². The first-order chi connectivity index (χ1) is 17.1. The van der Waals surface area contributed by atoms with Crippen LogP contribution >= 0.6 is 0 Å². The fourth-order valence-corrected chi connectivity index (χ4v) is 6.50. The molecule has 0 bridgehead atoms. The Balaban J connectivity index is 1.23. The zero-order chi connectivity index (χ0) is 24.2. The molecule has 2 fully saturated rings. The van der Waals surface area contributed by atoms with Gasteiger partial charge in [0, 0.05) is 0 Å². The summed E-state index contributed by atoms with van der Waals surface area (Å²) in [5.74, 6) is 1.69. The molecular weight excluding hydrogens is 438 g/mol. The highest BCUT2D eigenvalue weighted by molar-refractivity contribution is 5.65. The summed E-state index contributed by atoms with van der Waals surface area (Å²) in [5.41, 5.74) is 3.60. The summed E-state index contributed by atoms with van der Waals surface area (Å²) in [7, 11) is 0. The maximum absolute atomic E-state index is 14.7. The van der Waals surface area contributed by atoms with Gasteiger partial charge in [0.15, 0.2) is 17.4 Å². The number of hydrogen-bond donors (Lipinski definition) is 0. The average molecular weight is 475 g/mol. The topological polar surface area (TPSA) is 9.23 Å². The molecule has 3 aromatic carbocycles. The van der Waals surface area contributed by atoms with E-state index in [1.54, 1.807) is 0 Å². The lowest BCUT2D eigenvalue weighted by Crippen LogP contribution is -2.30. The normalized spacial score (nSPS) is 24.1. The van der Waals surface area contributed by atoms with E-state index in [-0.39, 0.29) is 12.4 Å². The van der Waals surface area contributed by atoms with Gasteiger partial charge in [-0.15, -0.1) is 0 Å². The number of fused-ring (bicyclic) bond motifs is 1. The molecule has 0 saturated heterocycles. The molecule has 0 heterocycles. The Morgan fingerprint density at radius 2 is 1.46 bits per heavy atom. The van der Waals surface area contributed by atoms with Gasteiger partial charge >= 0.3 is 0 Å². The Hall–Kier alpha value is -2.68. The zero-order valence-electron chi connectivity index (χ0n) is 20.7. The molecule has 0 aromatic heterocycles. The SMILES string of the molecule is CCCC1CCC2CC(c3ccc(-c4cc(F)c(OCc5ccccc5)c(F)c4)cc3)CCC2C1. The second kappa shape index (κ2) is 10.9. The molecule has 0 amide bonds. The van der Waals surface area contributed by atoms with Gasteiger partial charge < -0.3 is 4.74 Å². The van der Waals surface area contributed by atoms with E-state index >= 15 is 0 Å². The highest BCUT2D eigenvalue weighted by Gasteiger charge is 2.35. The van der Waals surface area contributed by atoms with E-state index in [4.69, 9.17) is 4.74 Å². The molecule has 0 spiro atoms. The van der Waals surface area contributed by atoms with Crippen molar-refractivity contribution in [2.24, 2.45) is 17.8 Å². The summed E-state index contributed by atoms with van der Waals surface area (Å²) >= 11 is 0. The van der Waals surface area contributed by atoms with Gasteiger partial charge in [-0.1, -0.05) is 80.8 Å². The molecule has 0 N–H and O–H groups in total. The third-order valence-electron chi connectivity index (χ3n) is 8.36. The monoisotopic (exact) mass is 474 g/mol. The summed E-state index contributed by atoms with van der Waals surface area (Å²) < 4.78 is 34.9. The third kappa shape index (κ3) is 5.60.